The summed E-state index contributed by atoms with van der Waals surface area (Å²) in [6.45, 7) is 3.73. The van der Waals surface area contributed by atoms with Crippen molar-refractivity contribution >= 4 is 40.4 Å². The van der Waals surface area contributed by atoms with Crippen molar-refractivity contribution in [2.24, 2.45) is 5.92 Å². The Morgan fingerprint density at radius 3 is 2.00 bits per heavy atom. The van der Waals surface area contributed by atoms with E-state index in [2.05, 4.69) is 16.0 Å². The number of hydrogen-bond donors (Lipinski definition) is 3. The van der Waals surface area contributed by atoms with Gasteiger partial charge in [0.25, 0.3) is 11.8 Å². The molecule has 1 atom stereocenters. The fourth-order valence-corrected chi connectivity index (χ4v) is 3.58. The molecule has 32 heavy (non-hydrogen) atoms. The zero-order chi connectivity index (χ0) is 23.1. The molecule has 0 radical (unpaired) electrons. The number of hydrogen-bond acceptors (Lipinski definition) is 5. The third-order valence-electron chi connectivity index (χ3n) is 4.74. The van der Waals surface area contributed by atoms with E-state index in [9.17, 15) is 14.4 Å². The van der Waals surface area contributed by atoms with Crippen LogP contribution in [-0.4, -0.2) is 30.9 Å². The zero-order valence-corrected chi connectivity index (χ0v) is 18.9. The third kappa shape index (κ3) is 5.95. The van der Waals surface area contributed by atoms with E-state index in [0.717, 1.165) is 0 Å². The number of methoxy groups -OCH3 is 1. The van der Waals surface area contributed by atoms with E-state index < -0.39 is 6.04 Å². The molecule has 0 fully saturated rings. The standard InChI is InChI=1S/C24H25N3O4S/c1-15(2)21(27-22(28)16-6-12-19(31-3)13-7-16)24(30)26-18-10-8-17(9-11-18)25-23(29)20-5-4-14-32-20/h4-15,21H,1-3H3,(H,25,29)(H,26,30)(H,27,28). The maximum absolute atomic E-state index is 12.8. The lowest BCUT2D eigenvalue weighted by Crippen LogP contribution is -2.47. The highest BCUT2D eigenvalue weighted by Gasteiger charge is 2.25. The first kappa shape index (κ1) is 23.0. The van der Waals surface area contributed by atoms with Crippen LogP contribution in [0.25, 0.3) is 0 Å². The monoisotopic (exact) mass is 451 g/mol. The molecular formula is C24H25N3O4S. The molecule has 1 aromatic heterocycles. The SMILES string of the molecule is COc1ccc(C(=O)NC(C(=O)Nc2ccc(NC(=O)c3cccs3)cc2)C(C)C)cc1. The quantitative estimate of drug-likeness (QED) is 0.473. The molecule has 2 aromatic carbocycles. The molecule has 3 aromatic rings. The number of amides is 3. The van der Waals surface area contributed by atoms with Gasteiger partial charge in [0.1, 0.15) is 11.8 Å². The molecule has 7 nitrogen and oxygen atoms in total. The highest BCUT2D eigenvalue weighted by molar-refractivity contribution is 7.12. The van der Waals surface area contributed by atoms with Crippen molar-refractivity contribution in [3.8, 4) is 5.75 Å². The van der Waals surface area contributed by atoms with E-state index in [1.807, 2.05) is 25.3 Å². The number of carbonyl (C=O) groups is 3. The molecular weight excluding hydrogens is 426 g/mol. The molecule has 8 heteroatoms. The summed E-state index contributed by atoms with van der Waals surface area (Å²) < 4.78 is 5.10. The maximum atomic E-state index is 12.8. The summed E-state index contributed by atoms with van der Waals surface area (Å²) in [7, 11) is 1.55. The summed E-state index contributed by atoms with van der Waals surface area (Å²) >= 11 is 1.36. The highest BCUT2D eigenvalue weighted by Crippen LogP contribution is 2.18. The lowest BCUT2D eigenvalue weighted by Gasteiger charge is -2.22. The Morgan fingerprint density at radius 2 is 1.47 bits per heavy atom. The van der Waals surface area contributed by atoms with E-state index >= 15 is 0 Å². The molecule has 0 aliphatic carbocycles. The first-order valence-electron chi connectivity index (χ1n) is 10.1. The Morgan fingerprint density at radius 1 is 0.844 bits per heavy atom. The summed E-state index contributed by atoms with van der Waals surface area (Å²) in [5.74, 6) is -0.320. The van der Waals surface area contributed by atoms with Crippen molar-refractivity contribution in [2.75, 3.05) is 17.7 Å². The topological polar surface area (TPSA) is 96.5 Å². The Kier molecular flexibility index (Phi) is 7.62. The van der Waals surface area contributed by atoms with Crippen LogP contribution in [-0.2, 0) is 4.79 Å². The molecule has 0 saturated heterocycles. The van der Waals surface area contributed by atoms with Gasteiger partial charge in [-0.25, -0.2) is 0 Å². The molecule has 3 N–H and O–H groups in total. The Balaban J connectivity index is 1.61. The number of rotatable bonds is 8. The van der Waals surface area contributed by atoms with Gasteiger partial charge in [0.05, 0.1) is 12.0 Å². The van der Waals surface area contributed by atoms with E-state index in [1.54, 1.807) is 61.7 Å². The molecule has 3 rings (SSSR count). The van der Waals surface area contributed by atoms with Gasteiger partial charge in [0, 0.05) is 16.9 Å². The van der Waals surface area contributed by atoms with Crippen molar-refractivity contribution in [3.63, 3.8) is 0 Å². The third-order valence-corrected chi connectivity index (χ3v) is 5.61. The second-order valence-corrected chi connectivity index (χ2v) is 8.37. The van der Waals surface area contributed by atoms with Gasteiger partial charge >= 0.3 is 0 Å². The van der Waals surface area contributed by atoms with Gasteiger partial charge < -0.3 is 20.7 Å². The van der Waals surface area contributed by atoms with Gasteiger partial charge in [-0.2, -0.15) is 0 Å². The molecule has 0 aliphatic rings. The minimum Gasteiger partial charge on any atom is -0.497 e. The van der Waals surface area contributed by atoms with Crippen LogP contribution in [0, 0.1) is 5.92 Å². The van der Waals surface area contributed by atoms with Crippen LogP contribution in [0.3, 0.4) is 0 Å². The number of carbonyl (C=O) groups excluding carboxylic acids is 3. The van der Waals surface area contributed by atoms with Crippen molar-refractivity contribution in [1.29, 1.82) is 0 Å². The average Bonchev–Trinajstić information content (AvgIpc) is 3.33. The van der Waals surface area contributed by atoms with Crippen LogP contribution >= 0.6 is 11.3 Å². The largest absolute Gasteiger partial charge is 0.497 e. The molecule has 0 saturated carbocycles. The second kappa shape index (κ2) is 10.6. The lowest BCUT2D eigenvalue weighted by atomic mass is 10.0. The fraction of sp³-hybridized carbons (Fsp3) is 0.208. The minimum atomic E-state index is -0.720. The normalized spacial score (nSPS) is 11.5. The van der Waals surface area contributed by atoms with E-state index in [0.29, 0.717) is 27.6 Å². The smallest absolute Gasteiger partial charge is 0.265 e. The zero-order valence-electron chi connectivity index (χ0n) is 18.0. The molecule has 0 bridgehead atoms. The maximum Gasteiger partial charge on any atom is 0.265 e. The predicted molar refractivity (Wildman–Crippen MR) is 126 cm³/mol. The molecule has 3 amide bonds. The van der Waals surface area contributed by atoms with Crippen molar-refractivity contribution in [2.45, 2.75) is 19.9 Å². The minimum absolute atomic E-state index is 0.124. The van der Waals surface area contributed by atoms with Gasteiger partial charge in [-0.15, -0.1) is 11.3 Å². The summed E-state index contributed by atoms with van der Waals surface area (Å²) in [6.07, 6.45) is 0. The van der Waals surface area contributed by atoms with Gasteiger partial charge in [0.15, 0.2) is 0 Å². The highest BCUT2D eigenvalue weighted by atomic mass is 32.1. The number of ether oxygens (including phenoxy) is 1. The molecule has 166 valence electrons. The van der Waals surface area contributed by atoms with Crippen LogP contribution < -0.4 is 20.7 Å². The van der Waals surface area contributed by atoms with Crippen LogP contribution in [0.2, 0.25) is 0 Å². The summed E-state index contributed by atoms with van der Waals surface area (Å²) in [5.41, 5.74) is 1.62. The van der Waals surface area contributed by atoms with E-state index in [-0.39, 0.29) is 23.6 Å². The Hall–Kier alpha value is -3.65. The summed E-state index contributed by atoms with van der Waals surface area (Å²) in [5, 5.41) is 10.3. The van der Waals surface area contributed by atoms with Crippen LogP contribution in [0.1, 0.15) is 33.9 Å². The first-order valence-corrected chi connectivity index (χ1v) is 11.0. The lowest BCUT2D eigenvalue weighted by molar-refractivity contribution is -0.118. The summed E-state index contributed by atoms with van der Waals surface area (Å²) in [6, 6.07) is 16.3. The molecule has 0 spiro atoms. The van der Waals surface area contributed by atoms with Gasteiger partial charge in [-0.05, 0) is 65.9 Å². The Bertz CT molecular complexity index is 1060. The molecule has 1 unspecified atom stereocenters. The number of anilines is 2. The van der Waals surface area contributed by atoms with Crippen molar-refractivity contribution in [3.05, 3.63) is 76.5 Å². The molecule has 0 aliphatic heterocycles. The van der Waals surface area contributed by atoms with Gasteiger partial charge in [-0.1, -0.05) is 19.9 Å². The first-order chi connectivity index (χ1) is 15.4. The predicted octanol–water partition coefficient (Wildman–Crippen LogP) is 4.40. The van der Waals surface area contributed by atoms with E-state index in [4.69, 9.17) is 4.74 Å². The number of nitrogens with one attached hydrogen (secondary N) is 3. The van der Waals surface area contributed by atoms with Crippen molar-refractivity contribution < 1.29 is 19.1 Å². The van der Waals surface area contributed by atoms with Crippen molar-refractivity contribution in [1.82, 2.24) is 5.32 Å². The molecule has 1 heterocycles. The van der Waals surface area contributed by atoms with Crippen LogP contribution in [0.15, 0.2) is 66.0 Å². The number of benzene rings is 2. The van der Waals surface area contributed by atoms with E-state index in [1.165, 1.54) is 11.3 Å². The Labute approximate surface area is 190 Å². The fourth-order valence-electron chi connectivity index (χ4n) is 2.96. The van der Waals surface area contributed by atoms with Gasteiger partial charge in [0.2, 0.25) is 5.91 Å². The summed E-state index contributed by atoms with van der Waals surface area (Å²) in [4.78, 5) is 38.2. The van der Waals surface area contributed by atoms with Crippen LogP contribution in [0.5, 0.6) is 5.75 Å². The van der Waals surface area contributed by atoms with Gasteiger partial charge in [-0.3, -0.25) is 14.4 Å². The average molecular weight is 452 g/mol. The van der Waals surface area contributed by atoms with Crippen LogP contribution in [0.4, 0.5) is 11.4 Å². The second-order valence-electron chi connectivity index (χ2n) is 7.42. The number of thiophene rings is 1.